The first kappa shape index (κ1) is 32.6. The van der Waals surface area contributed by atoms with E-state index in [9.17, 15) is 9.50 Å². The van der Waals surface area contributed by atoms with Crippen LogP contribution in [0.3, 0.4) is 0 Å². The van der Waals surface area contributed by atoms with E-state index in [0.717, 1.165) is 76.4 Å². The highest BCUT2D eigenvalue weighted by Crippen LogP contribution is 2.50. The van der Waals surface area contributed by atoms with Crippen molar-refractivity contribution in [1.29, 1.82) is 0 Å². The van der Waals surface area contributed by atoms with Gasteiger partial charge in [-0.15, -0.1) is 6.42 Å². The van der Waals surface area contributed by atoms with E-state index in [1.807, 2.05) is 4.90 Å². The van der Waals surface area contributed by atoms with Gasteiger partial charge in [0.2, 0.25) is 0 Å². The average molecular weight is 706 g/mol. The van der Waals surface area contributed by atoms with Gasteiger partial charge >= 0.3 is 12.2 Å². The molecule has 2 atom stereocenters. The third-order valence-electron chi connectivity index (χ3n) is 11.3. The monoisotopic (exact) mass is 705 g/mol. The number of benzene rings is 3. The standard InChI is InChI=1S/C38H36F5N5O3/c1-2-25-29(39)6-3-21-13-24(49)14-26(30(21)25)31-28(38(41,42)43)15-27-33(32(31)40)45-35(46-34(27)48-16-22-4-5-23(17-48)44-22)50-20-36(7-8-36)18-47-11-12-51-37(19-47)9-10-37/h1,3,6,13-15,22-23,44,49H,4-5,7-12,16-20H2. The van der Waals surface area contributed by atoms with Gasteiger partial charge < -0.3 is 24.8 Å². The molecule has 2 unspecified atom stereocenters. The molecule has 2 saturated carbocycles. The molecule has 13 heteroatoms. The smallest absolute Gasteiger partial charge is 0.417 e. The maximum Gasteiger partial charge on any atom is 0.417 e. The maximum atomic E-state index is 17.2. The number of morpholine rings is 1. The second-order valence-corrected chi connectivity index (χ2v) is 15.1. The van der Waals surface area contributed by atoms with E-state index in [2.05, 4.69) is 26.1 Å². The first-order valence-electron chi connectivity index (χ1n) is 17.5. The Kier molecular flexibility index (Phi) is 7.45. The molecule has 1 aromatic heterocycles. The normalized spacial score (nSPS) is 23.6. The zero-order chi connectivity index (χ0) is 35.3. The van der Waals surface area contributed by atoms with Crippen molar-refractivity contribution in [2.45, 2.75) is 62.4 Å². The first-order chi connectivity index (χ1) is 24.4. The summed E-state index contributed by atoms with van der Waals surface area (Å²) < 4.78 is 89.6. The summed E-state index contributed by atoms with van der Waals surface area (Å²) in [6.07, 6.45) is 6.38. The molecule has 3 aromatic carbocycles. The second kappa shape index (κ2) is 11.6. The molecule has 4 heterocycles. The van der Waals surface area contributed by atoms with Crippen LogP contribution in [-0.2, 0) is 10.9 Å². The van der Waals surface area contributed by atoms with E-state index < -0.39 is 40.3 Å². The van der Waals surface area contributed by atoms with E-state index >= 15 is 17.6 Å². The number of alkyl halides is 3. The van der Waals surface area contributed by atoms with Crippen molar-refractivity contribution in [3.05, 3.63) is 53.1 Å². The minimum Gasteiger partial charge on any atom is -0.508 e. The van der Waals surface area contributed by atoms with Gasteiger partial charge in [-0.3, -0.25) is 4.90 Å². The molecule has 2 N–H and O–H groups in total. The maximum absolute atomic E-state index is 17.2. The van der Waals surface area contributed by atoms with Crippen molar-refractivity contribution in [2.75, 3.05) is 50.8 Å². The Morgan fingerprint density at radius 1 is 1.06 bits per heavy atom. The van der Waals surface area contributed by atoms with Gasteiger partial charge in [0.1, 0.15) is 22.9 Å². The third kappa shape index (κ3) is 5.81. The first-order valence-corrected chi connectivity index (χ1v) is 17.5. The summed E-state index contributed by atoms with van der Waals surface area (Å²) in [6.45, 7) is 4.41. The van der Waals surface area contributed by atoms with Crippen LogP contribution in [0.1, 0.15) is 49.7 Å². The number of rotatable bonds is 7. The quantitative estimate of drug-likeness (QED) is 0.169. The van der Waals surface area contributed by atoms with Crippen molar-refractivity contribution in [1.82, 2.24) is 20.2 Å². The van der Waals surface area contributed by atoms with Crippen molar-refractivity contribution < 1.29 is 36.5 Å². The summed E-state index contributed by atoms with van der Waals surface area (Å²) in [6, 6.07) is 5.50. The summed E-state index contributed by atoms with van der Waals surface area (Å²) in [5, 5.41) is 14.0. The molecular formula is C38H36F5N5O3. The zero-order valence-electron chi connectivity index (χ0n) is 27.8. The Morgan fingerprint density at radius 3 is 2.51 bits per heavy atom. The minimum atomic E-state index is -5.06. The Balaban J connectivity index is 1.18. The summed E-state index contributed by atoms with van der Waals surface area (Å²) >= 11 is 0. The fourth-order valence-electron chi connectivity index (χ4n) is 8.43. The van der Waals surface area contributed by atoms with Crippen LogP contribution < -0.4 is 15.0 Å². The molecule has 5 aliphatic rings. The number of terminal acetylenes is 1. The third-order valence-corrected chi connectivity index (χ3v) is 11.3. The zero-order valence-corrected chi connectivity index (χ0v) is 27.8. The number of anilines is 1. The molecule has 4 aromatic rings. The number of fused-ring (bicyclic) bond motifs is 4. The Morgan fingerprint density at radius 2 is 1.82 bits per heavy atom. The predicted molar refractivity (Wildman–Crippen MR) is 181 cm³/mol. The fraction of sp³-hybridized carbons (Fsp3) is 0.474. The molecule has 5 fully saturated rings. The van der Waals surface area contributed by atoms with Gasteiger partial charge in [-0.05, 0) is 73.7 Å². The molecule has 266 valence electrons. The van der Waals surface area contributed by atoms with Crippen LogP contribution in [0.15, 0.2) is 30.3 Å². The van der Waals surface area contributed by atoms with Crippen molar-refractivity contribution in [3.63, 3.8) is 0 Å². The summed E-state index contributed by atoms with van der Waals surface area (Å²) in [5.41, 5.74) is -3.49. The number of aromatic nitrogens is 2. The molecule has 51 heavy (non-hydrogen) atoms. The highest BCUT2D eigenvalue weighted by Gasteiger charge is 2.51. The number of hydrogen-bond acceptors (Lipinski definition) is 8. The lowest BCUT2D eigenvalue weighted by Gasteiger charge is -2.35. The fourth-order valence-corrected chi connectivity index (χ4v) is 8.43. The molecule has 1 spiro atoms. The largest absolute Gasteiger partial charge is 0.508 e. The van der Waals surface area contributed by atoms with Gasteiger partial charge in [0.25, 0.3) is 0 Å². The van der Waals surface area contributed by atoms with Crippen molar-refractivity contribution in [2.24, 2.45) is 5.41 Å². The number of phenols is 1. The summed E-state index contributed by atoms with van der Waals surface area (Å²) in [4.78, 5) is 13.4. The highest BCUT2D eigenvalue weighted by atomic mass is 19.4. The molecule has 0 radical (unpaired) electrons. The molecule has 2 aliphatic carbocycles. The van der Waals surface area contributed by atoms with Crippen LogP contribution >= 0.6 is 0 Å². The average Bonchev–Trinajstić information content (AvgIpc) is 4.01. The van der Waals surface area contributed by atoms with E-state index in [4.69, 9.17) is 15.9 Å². The SMILES string of the molecule is C#Cc1c(F)ccc2cc(O)cc(-c3c(C(F)(F)F)cc4c(N5CC6CCC(C5)N6)nc(OCC5(CN6CCOC7(CC7)C6)CC5)nc4c3F)c12. The van der Waals surface area contributed by atoms with Gasteiger partial charge in [-0.1, -0.05) is 12.0 Å². The lowest BCUT2D eigenvalue weighted by molar-refractivity contribution is -0.137. The molecule has 8 nitrogen and oxygen atoms in total. The molecule has 2 bridgehead atoms. The van der Waals surface area contributed by atoms with Crippen LogP contribution in [0.25, 0.3) is 32.8 Å². The van der Waals surface area contributed by atoms with Crippen molar-refractivity contribution in [3.8, 4) is 35.2 Å². The van der Waals surface area contributed by atoms with E-state index in [-0.39, 0.29) is 68.8 Å². The van der Waals surface area contributed by atoms with E-state index in [1.54, 1.807) is 0 Å². The van der Waals surface area contributed by atoms with Crippen LogP contribution in [-0.4, -0.2) is 83.6 Å². The van der Waals surface area contributed by atoms with Crippen LogP contribution in [0.5, 0.6) is 11.8 Å². The minimum absolute atomic E-state index is 0.0214. The topological polar surface area (TPSA) is 83.0 Å². The molecular weight excluding hydrogens is 669 g/mol. The highest BCUT2D eigenvalue weighted by molar-refractivity contribution is 6.05. The summed E-state index contributed by atoms with van der Waals surface area (Å²) in [7, 11) is 0. The number of nitrogens with zero attached hydrogens (tertiary/aromatic N) is 4. The molecule has 3 aliphatic heterocycles. The Bertz CT molecular complexity index is 2110. The van der Waals surface area contributed by atoms with Gasteiger partial charge in [0, 0.05) is 66.6 Å². The Labute approximate surface area is 290 Å². The number of phenolic OH excluding ortho intramolecular Hbond substituents is 1. The lowest BCUT2D eigenvalue weighted by Crippen LogP contribution is -2.51. The number of halogens is 5. The lowest BCUT2D eigenvalue weighted by atomic mass is 9.89. The van der Waals surface area contributed by atoms with Crippen LogP contribution in [0, 0.1) is 29.4 Å². The Hall–Kier alpha value is -4.25. The van der Waals surface area contributed by atoms with E-state index in [0.29, 0.717) is 19.7 Å². The molecule has 3 saturated heterocycles. The predicted octanol–water partition coefficient (Wildman–Crippen LogP) is 6.40. The molecule has 0 amide bonds. The van der Waals surface area contributed by atoms with Gasteiger partial charge in [-0.25, -0.2) is 8.78 Å². The van der Waals surface area contributed by atoms with Crippen LogP contribution in [0.2, 0.25) is 0 Å². The van der Waals surface area contributed by atoms with Gasteiger partial charge in [-0.2, -0.15) is 23.1 Å². The second-order valence-electron chi connectivity index (χ2n) is 15.1. The van der Waals surface area contributed by atoms with Gasteiger partial charge in [0.15, 0.2) is 5.82 Å². The molecule has 9 rings (SSSR count). The number of hydrogen-bond donors (Lipinski definition) is 2. The van der Waals surface area contributed by atoms with Gasteiger partial charge in [0.05, 0.1) is 29.9 Å². The van der Waals surface area contributed by atoms with Crippen LogP contribution in [0.4, 0.5) is 27.8 Å². The number of aromatic hydroxyl groups is 1. The van der Waals surface area contributed by atoms with Crippen molar-refractivity contribution >= 4 is 27.5 Å². The van der Waals surface area contributed by atoms with E-state index in [1.165, 1.54) is 12.1 Å². The number of piperazine rings is 1. The summed E-state index contributed by atoms with van der Waals surface area (Å²) in [5.74, 6) is -0.234. The number of nitrogens with one attached hydrogen (secondary N) is 1. The number of ether oxygens (including phenoxy) is 2.